The summed E-state index contributed by atoms with van der Waals surface area (Å²) in [6.07, 6.45) is 2.27. The lowest BCUT2D eigenvalue weighted by Crippen LogP contribution is -2.42. The molecule has 9 heteroatoms. The summed E-state index contributed by atoms with van der Waals surface area (Å²) in [7, 11) is -3.61. The second kappa shape index (κ2) is 8.26. The molecule has 1 aromatic rings. The summed E-state index contributed by atoms with van der Waals surface area (Å²) in [6.45, 7) is 2.05. The van der Waals surface area contributed by atoms with Gasteiger partial charge in [0.1, 0.15) is 12.4 Å². The first-order valence-electron chi connectivity index (χ1n) is 9.16. The van der Waals surface area contributed by atoms with Crippen LogP contribution in [0.25, 0.3) is 0 Å². The number of benzene rings is 1. The molecular weight excluding hydrogens is 370 g/mol. The lowest BCUT2D eigenvalue weighted by molar-refractivity contribution is -0.111. The first-order valence-corrected chi connectivity index (χ1v) is 10.6. The molecule has 3 rings (SSSR count). The first-order chi connectivity index (χ1) is 12.9. The number of sulfonamides is 1. The molecule has 0 unspecified atom stereocenters. The normalized spacial score (nSPS) is 20.4. The van der Waals surface area contributed by atoms with Crippen LogP contribution in [0.3, 0.4) is 0 Å². The fourth-order valence-electron chi connectivity index (χ4n) is 3.64. The minimum absolute atomic E-state index is 0.0945. The maximum Gasteiger partial charge on any atom is 0.404 e. The zero-order chi connectivity index (χ0) is 19.4. The largest absolute Gasteiger partial charge is 0.446 e. The number of hydrogen-bond acceptors (Lipinski definition) is 6. The number of amides is 1. The fourth-order valence-corrected chi connectivity index (χ4v) is 5.15. The molecule has 27 heavy (non-hydrogen) atoms. The number of aldehydes is 1. The van der Waals surface area contributed by atoms with Gasteiger partial charge in [-0.05, 0) is 43.9 Å². The summed E-state index contributed by atoms with van der Waals surface area (Å²) in [5.41, 5.74) is 5.88. The molecule has 8 nitrogen and oxygen atoms in total. The van der Waals surface area contributed by atoms with Crippen LogP contribution in [-0.4, -0.2) is 57.4 Å². The van der Waals surface area contributed by atoms with Gasteiger partial charge in [-0.1, -0.05) is 6.07 Å². The molecule has 0 bridgehead atoms. The lowest BCUT2D eigenvalue weighted by Gasteiger charge is -2.33. The van der Waals surface area contributed by atoms with Crippen LogP contribution < -0.4 is 10.6 Å². The summed E-state index contributed by atoms with van der Waals surface area (Å²) in [6, 6.07) is 6.94. The van der Waals surface area contributed by atoms with Gasteiger partial charge in [0.15, 0.2) is 0 Å². The van der Waals surface area contributed by atoms with Crippen LogP contribution >= 0.6 is 0 Å². The number of carbonyl (C=O) groups excluding carboxylic acids is 2. The molecule has 1 aromatic carbocycles. The van der Waals surface area contributed by atoms with Crippen LogP contribution in [0.4, 0.5) is 10.5 Å². The third-order valence-corrected chi connectivity index (χ3v) is 7.13. The van der Waals surface area contributed by atoms with E-state index in [9.17, 15) is 18.0 Å². The van der Waals surface area contributed by atoms with E-state index in [4.69, 9.17) is 10.5 Å². The third-order valence-electron chi connectivity index (χ3n) is 5.24. The van der Waals surface area contributed by atoms with E-state index in [-0.39, 0.29) is 30.0 Å². The fraction of sp³-hybridized carbons (Fsp3) is 0.556. The number of ether oxygens (including phenoxy) is 1. The predicted molar refractivity (Wildman–Crippen MR) is 99.9 cm³/mol. The van der Waals surface area contributed by atoms with Crippen molar-refractivity contribution in [2.24, 2.45) is 11.7 Å². The number of carbonyl (C=O) groups is 2. The van der Waals surface area contributed by atoms with Crippen LogP contribution in [-0.2, 0) is 19.6 Å². The number of anilines is 1. The maximum atomic E-state index is 13.0. The summed E-state index contributed by atoms with van der Waals surface area (Å²) in [4.78, 5) is 24.1. The average Bonchev–Trinajstić information content (AvgIpc) is 2.68. The Morgan fingerprint density at radius 1 is 1.11 bits per heavy atom. The Balaban J connectivity index is 1.69. The minimum atomic E-state index is -3.61. The Morgan fingerprint density at radius 3 is 2.37 bits per heavy atom. The van der Waals surface area contributed by atoms with Crippen molar-refractivity contribution < 1.29 is 22.7 Å². The van der Waals surface area contributed by atoms with Crippen molar-refractivity contribution in [2.45, 2.75) is 36.7 Å². The van der Waals surface area contributed by atoms with Gasteiger partial charge in [-0.3, -0.25) is 0 Å². The summed E-state index contributed by atoms with van der Waals surface area (Å²) in [5, 5.41) is 0. The highest BCUT2D eigenvalue weighted by Crippen LogP contribution is 2.27. The van der Waals surface area contributed by atoms with Gasteiger partial charge >= 0.3 is 6.09 Å². The third kappa shape index (κ3) is 4.59. The zero-order valence-corrected chi connectivity index (χ0v) is 15.9. The van der Waals surface area contributed by atoms with Crippen molar-refractivity contribution >= 4 is 28.1 Å². The van der Waals surface area contributed by atoms with Gasteiger partial charge < -0.3 is 20.2 Å². The Kier molecular flexibility index (Phi) is 6.01. The van der Waals surface area contributed by atoms with E-state index in [1.165, 1.54) is 4.31 Å². The molecule has 0 aromatic heterocycles. The number of hydrogen-bond donors (Lipinski definition) is 1. The maximum absolute atomic E-state index is 13.0. The second-order valence-corrected chi connectivity index (χ2v) is 8.94. The summed E-state index contributed by atoms with van der Waals surface area (Å²) >= 11 is 0. The van der Waals surface area contributed by atoms with Crippen molar-refractivity contribution in [1.29, 1.82) is 0 Å². The molecular formula is C18H25N3O5S. The van der Waals surface area contributed by atoms with E-state index >= 15 is 0 Å². The van der Waals surface area contributed by atoms with Gasteiger partial charge in [-0.2, -0.15) is 4.31 Å². The second-order valence-electron chi connectivity index (χ2n) is 7.00. The smallest absolute Gasteiger partial charge is 0.404 e. The highest BCUT2D eigenvalue weighted by atomic mass is 32.2. The van der Waals surface area contributed by atoms with E-state index in [0.29, 0.717) is 12.8 Å². The number of rotatable bonds is 5. The van der Waals surface area contributed by atoms with Crippen molar-refractivity contribution in [3.8, 4) is 0 Å². The van der Waals surface area contributed by atoms with Gasteiger partial charge in [0.05, 0.1) is 4.90 Å². The van der Waals surface area contributed by atoms with Crippen LogP contribution in [0.15, 0.2) is 29.2 Å². The first kappa shape index (κ1) is 19.6. The molecule has 2 N–H and O–H groups in total. The predicted octanol–water partition coefficient (Wildman–Crippen LogP) is 1.35. The average molecular weight is 395 g/mol. The topological polar surface area (TPSA) is 110 Å². The Labute approximate surface area is 159 Å². The van der Waals surface area contributed by atoms with Crippen molar-refractivity contribution in [2.75, 3.05) is 31.1 Å². The van der Waals surface area contributed by atoms with Gasteiger partial charge in [0, 0.05) is 37.8 Å². The molecule has 0 saturated carbocycles. The minimum Gasteiger partial charge on any atom is -0.446 e. The van der Waals surface area contributed by atoms with E-state index < -0.39 is 16.1 Å². The Hall–Kier alpha value is -2.13. The molecule has 0 atom stereocenters. The molecule has 0 spiro atoms. The van der Waals surface area contributed by atoms with Gasteiger partial charge in [-0.25, -0.2) is 13.2 Å². The van der Waals surface area contributed by atoms with E-state index in [0.717, 1.165) is 37.9 Å². The van der Waals surface area contributed by atoms with Crippen molar-refractivity contribution in [1.82, 2.24) is 4.31 Å². The SMILES string of the molecule is NC(=O)OC1CCN(S(=O)(=O)c2cccc(N3CCC(C=O)CC3)c2)CC1. The number of nitrogens with two attached hydrogens (primary N) is 1. The Bertz CT molecular complexity index is 782. The van der Waals surface area contributed by atoms with Crippen LogP contribution in [0.5, 0.6) is 0 Å². The van der Waals surface area contributed by atoms with Crippen LogP contribution in [0, 0.1) is 5.92 Å². The molecule has 2 aliphatic heterocycles. The molecule has 2 aliphatic rings. The van der Waals surface area contributed by atoms with E-state index in [1.54, 1.807) is 18.2 Å². The van der Waals surface area contributed by atoms with Gasteiger partial charge in [0.25, 0.3) is 0 Å². The van der Waals surface area contributed by atoms with E-state index in [2.05, 4.69) is 4.90 Å². The van der Waals surface area contributed by atoms with Crippen LogP contribution in [0.2, 0.25) is 0 Å². The van der Waals surface area contributed by atoms with Gasteiger partial charge in [0.2, 0.25) is 10.0 Å². The van der Waals surface area contributed by atoms with Gasteiger partial charge in [-0.15, -0.1) is 0 Å². The van der Waals surface area contributed by atoms with Crippen molar-refractivity contribution in [3.63, 3.8) is 0 Å². The molecule has 0 radical (unpaired) electrons. The standard InChI is InChI=1S/C18H25N3O5S/c19-18(23)26-16-6-10-21(11-7-16)27(24,25)17-3-1-2-15(12-17)20-8-4-14(13-22)5-9-20/h1-3,12-14,16H,4-11H2,(H2,19,23). The molecule has 2 fully saturated rings. The molecule has 2 saturated heterocycles. The quantitative estimate of drug-likeness (QED) is 0.754. The lowest BCUT2D eigenvalue weighted by atomic mass is 9.98. The molecule has 1 amide bonds. The summed E-state index contributed by atoms with van der Waals surface area (Å²) < 4.78 is 32.3. The number of primary amides is 1. The monoisotopic (exact) mass is 395 g/mol. The molecule has 0 aliphatic carbocycles. The summed E-state index contributed by atoms with van der Waals surface area (Å²) in [5.74, 6) is 0.0945. The van der Waals surface area contributed by atoms with Crippen molar-refractivity contribution in [3.05, 3.63) is 24.3 Å². The Morgan fingerprint density at radius 2 is 1.78 bits per heavy atom. The highest BCUT2D eigenvalue weighted by Gasteiger charge is 2.31. The van der Waals surface area contributed by atoms with E-state index in [1.807, 2.05) is 6.07 Å². The highest BCUT2D eigenvalue weighted by molar-refractivity contribution is 7.89. The molecule has 2 heterocycles. The number of nitrogens with zero attached hydrogens (tertiary/aromatic N) is 2. The number of piperidine rings is 2. The zero-order valence-electron chi connectivity index (χ0n) is 15.1. The molecule has 148 valence electrons. The van der Waals surface area contributed by atoms with Crippen LogP contribution in [0.1, 0.15) is 25.7 Å².